The van der Waals surface area contributed by atoms with E-state index in [2.05, 4.69) is 29.6 Å². The minimum absolute atomic E-state index is 0.00613. The van der Waals surface area contributed by atoms with Gasteiger partial charge in [-0.25, -0.2) is 13.6 Å². The van der Waals surface area contributed by atoms with Gasteiger partial charge >= 0.3 is 0 Å². The summed E-state index contributed by atoms with van der Waals surface area (Å²) in [7, 11) is -3.87. The standard InChI is InChI=1S/C26H31N5O4S/c1-3-17(2)23(29-21-8-6-7-19(15-21)26(27)31-33)16-25(32)30-20-13-11-18(12-14-20)22-9-4-5-10-24(22)36(28,34)35/h4-15,17,23,29,33H,3,16H2,1-2H3,(H2,27,31)(H,30,32)(H2,28,34,35). The monoisotopic (exact) mass is 509 g/mol. The van der Waals surface area contributed by atoms with Crippen molar-refractivity contribution in [1.82, 2.24) is 0 Å². The van der Waals surface area contributed by atoms with Gasteiger partial charge in [-0.15, -0.1) is 0 Å². The van der Waals surface area contributed by atoms with Gasteiger partial charge in [0.25, 0.3) is 0 Å². The van der Waals surface area contributed by atoms with Crippen molar-refractivity contribution in [2.75, 3.05) is 10.6 Å². The van der Waals surface area contributed by atoms with Gasteiger partial charge in [0.15, 0.2) is 5.84 Å². The van der Waals surface area contributed by atoms with E-state index in [0.29, 0.717) is 22.4 Å². The number of nitrogens with one attached hydrogen (secondary N) is 2. The van der Waals surface area contributed by atoms with E-state index in [9.17, 15) is 13.2 Å². The number of hydrogen-bond donors (Lipinski definition) is 5. The van der Waals surface area contributed by atoms with Crippen LogP contribution in [-0.4, -0.2) is 31.4 Å². The second-order valence-corrected chi connectivity index (χ2v) is 10.1. The first-order valence-electron chi connectivity index (χ1n) is 11.5. The zero-order valence-corrected chi connectivity index (χ0v) is 21.0. The van der Waals surface area contributed by atoms with E-state index in [1.807, 2.05) is 6.07 Å². The fourth-order valence-corrected chi connectivity index (χ4v) is 4.58. The predicted octanol–water partition coefficient (Wildman–Crippen LogP) is 3.95. The van der Waals surface area contributed by atoms with Crippen molar-refractivity contribution < 1.29 is 18.4 Å². The first-order chi connectivity index (χ1) is 17.1. The van der Waals surface area contributed by atoms with E-state index in [4.69, 9.17) is 16.1 Å². The zero-order chi connectivity index (χ0) is 26.3. The summed E-state index contributed by atoms with van der Waals surface area (Å²) in [5.41, 5.74) is 8.78. The molecule has 0 saturated carbocycles. The minimum atomic E-state index is -3.87. The summed E-state index contributed by atoms with van der Waals surface area (Å²) in [4.78, 5) is 12.9. The number of carbonyl (C=O) groups excluding carboxylic acids is 1. The van der Waals surface area contributed by atoms with Gasteiger partial charge in [-0.05, 0) is 41.8 Å². The Morgan fingerprint density at radius 2 is 1.72 bits per heavy atom. The Morgan fingerprint density at radius 3 is 2.36 bits per heavy atom. The van der Waals surface area contributed by atoms with Crippen molar-refractivity contribution in [1.29, 1.82) is 0 Å². The molecule has 7 N–H and O–H groups in total. The zero-order valence-electron chi connectivity index (χ0n) is 20.2. The van der Waals surface area contributed by atoms with E-state index in [1.165, 1.54) is 6.07 Å². The summed E-state index contributed by atoms with van der Waals surface area (Å²) in [6, 6.07) is 20.4. The summed E-state index contributed by atoms with van der Waals surface area (Å²) < 4.78 is 23.8. The molecule has 0 aliphatic rings. The third-order valence-corrected chi connectivity index (χ3v) is 7.00. The maximum absolute atomic E-state index is 12.9. The number of oxime groups is 1. The number of sulfonamides is 1. The average molecular weight is 510 g/mol. The lowest BCUT2D eigenvalue weighted by molar-refractivity contribution is -0.116. The van der Waals surface area contributed by atoms with Crippen LogP contribution in [-0.2, 0) is 14.8 Å². The topological polar surface area (TPSA) is 160 Å². The largest absolute Gasteiger partial charge is 0.409 e. The predicted molar refractivity (Wildman–Crippen MR) is 142 cm³/mol. The van der Waals surface area contributed by atoms with Crippen LogP contribution in [0.3, 0.4) is 0 Å². The van der Waals surface area contributed by atoms with E-state index < -0.39 is 10.0 Å². The van der Waals surface area contributed by atoms with E-state index in [0.717, 1.165) is 12.1 Å². The lowest BCUT2D eigenvalue weighted by Gasteiger charge is -2.25. The van der Waals surface area contributed by atoms with Crippen molar-refractivity contribution >= 4 is 33.1 Å². The van der Waals surface area contributed by atoms with Crippen molar-refractivity contribution in [2.45, 2.75) is 37.6 Å². The molecule has 2 unspecified atom stereocenters. The molecule has 10 heteroatoms. The fraction of sp³-hybridized carbons (Fsp3) is 0.231. The van der Waals surface area contributed by atoms with Gasteiger partial charge in [0, 0.05) is 35.0 Å². The molecule has 3 aromatic carbocycles. The molecular formula is C26H31N5O4S. The first-order valence-corrected chi connectivity index (χ1v) is 13.0. The molecule has 0 radical (unpaired) electrons. The van der Waals surface area contributed by atoms with Gasteiger partial charge in [-0.1, -0.05) is 67.9 Å². The van der Waals surface area contributed by atoms with Crippen molar-refractivity contribution in [2.24, 2.45) is 21.9 Å². The number of amides is 1. The van der Waals surface area contributed by atoms with Crippen LogP contribution in [0.1, 0.15) is 32.3 Å². The van der Waals surface area contributed by atoms with Crippen molar-refractivity contribution in [3.63, 3.8) is 0 Å². The molecule has 1 amide bonds. The highest BCUT2D eigenvalue weighted by Gasteiger charge is 2.20. The van der Waals surface area contributed by atoms with Gasteiger partial charge in [0.2, 0.25) is 15.9 Å². The summed E-state index contributed by atoms with van der Waals surface area (Å²) in [6.07, 6.45) is 1.09. The highest BCUT2D eigenvalue weighted by molar-refractivity contribution is 7.89. The maximum Gasteiger partial charge on any atom is 0.238 e. The van der Waals surface area contributed by atoms with Crippen LogP contribution in [0.4, 0.5) is 11.4 Å². The Balaban J connectivity index is 1.72. The molecule has 0 aromatic heterocycles. The third kappa shape index (κ3) is 6.83. The molecule has 0 bridgehead atoms. The second kappa shape index (κ2) is 11.7. The molecule has 3 aromatic rings. The van der Waals surface area contributed by atoms with Crippen LogP contribution in [0, 0.1) is 5.92 Å². The molecule has 0 saturated heterocycles. The molecule has 0 aliphatic heterocycles. The molecular weight excluding hydrogens is 478 g/mol. The number of amidine groups is 1. The Kier molecular flexibility index (Phi) is 8.68. The van der Waals surface area contributed by atoms with Crippen LogP contribution >= 0.6 is 0 Å². The van der Waals surface area contributed by atoms with E-state index >= 15 is 0 Å². The first kappa shape index (κ1) is 26.7. The lowest BCUT2D eigenvalue weighted by Crippen LogP contribution is -2.32. The smallest absolute Gasteiger partial charge is 0.238 e. The quantitative estimate of drug-likeness (QED) is 0.120. The normalized spacial score (nSPS) is 13.6. The summed E-state index contributed by atoms with van der Waals surface area (Å²) in [5, 5.41) is 23.6. The van der Waals surface area contributed by atoms with Crippen LogP contribution in [0.25, 0.3) is 11.1 Å². The molecule has 190 valence electrons. The molecule has 36 heavy (non-hydrogen) atoms. The number of benzene rings is 3. The van der Waals surface area contributed by atoms with Crippen LogP contribution in [0.5, 0.6) is 0 Å². The average Bonchev–Trinajstić information content (AvgIpc) is 2.87. The minimum Gasteiger partial charge on any atom is -0.409 e. The van der Waals surface area contributed by atoms with Gasteiger partial charge in [0.05, 0.1) is 4.90 Å². The fourth-order valence-electron chi connectivity index (χ4n) is 3.82. The summed E-state index contributed by atoms with van der Waals surface area (Å²) in [5.74, 6) is 0.0324. The van der Waals surface area contributed by atoms with Crippen LogP contribution < -0.4 is 21.5 Å². The van der Waals surface area contributed by atoms with Gasteiger partial charge in [-0.2, -0.15) is 0 Å². The SMILES string of the molecule is CCC(C)C(CC(=O)Nc1ccc(-c2ccccc2S(N)(=O)=O)cc1)Nc1cccc(C(N)=NO)c1. The van der Waals surface area contributed by atoms with E-state index in [-0.39, 0.29) is 35.0 Å². The van der Waals surface area contributed by atoms with Gasteiger partial charge in [-0.3, -0.25) is 4.79 Å². The molecule has 9 nitrogen and oxygen atoms in total. The van der Waals surface area contributed by atoms with Gasteiger partial charge < -0.3 is 21.6 Å². The third-order valence-electron chi connectivity index (χ3n) is 6.03. The van der Waals surface area contributed by atoms with Gasteiger partial charge in [0.1, 0.15) is 0 Å². The van der Waals surface area contributed by atoms with E-state index in [1.54, 1.807) is 60.7 Å². The Morgan fingerprint density at radius 1 is 1.03 bits per heavy atom. The number of primary sulfonamides is 1. The number of anilines is 2. The van der Waals surface area contributed by atoms with Crippen LogP contribution in [0.2, 0.25) is 0 Å². The highest BCUT2D eigenvalue weighted by Crippen LogP contribution is 2.28. The molecule has 2 atom stereocenters. The number of hydrogen-bond acceptors (Lipinski definition) is 6. The van der Waals surface area contributed by atoms with Crippen molar-refractivity contribution in [3.05, 3.63) is 78.4 Å². The summed E-state index contributed by atoms with van der Waals surface area (Å²) in [6.45, 7) is 4.12. The molecule has 0 heterocycles. The molecule has 0 aliphatic carbocycles. The maximum atomic E-state index is 12.9. The number of nitrogens with zero attached hydrogens (tertiary/aromatic N) is 1. The number of nitrogens with two attached hydrogens (primary N) is 2. The Bertz CT molecular complexity index is 1340. The Labute approximate surface area is 211 Å². The molecule has 3 rings (SSSR count). The Hall–Kier alpha value is -3.89. The van der Waals surface area contributed by atoms with Crippen LogP contribution in [0.15, 0.2) is 82.8 Å². The molecule has 0 fully saturated rings. The molecule has 0 spiro atoms. The lowest BCUT2D eigenvalue weighted by atomic mass is 9.95. The second-order valence-electron chi connectivity index (χ2n) is 8.57. The number of rotatable bonds is 10. The van der Waals surface area contributed by atoms with Crippen molar-refractivity contribution in [3.8, 4) is 11.1 Å². The summed E-state index contributed by atoms with van der Waals surface area (Å²) >= 11 is 0. The highest BCUT2D eigenvalue weighted by atomic mass is 32.2. The number of carbonyl (C=O) groups is 1.